The number of nitrogens with two attached hydrogens (primary N) is 5. The van der Waals surface area contributed by atoms with Crippen LogP contribution < -0.4 is 87.2 Å². The second kappa shape index (κ2) is 44.9. The van der Waals surface area contributed by atoms with Crippen molar-refractivity contribution < 1.29 is 102 Å². The van der Waals surface area contributed by atoms with Crippen molar-refractivity contribution in [2.24, 2.45) is 63.3 Å². The average Bonchev–Trinajstić information content (AvgIpc) is 1.74. The van der Waals surface area contributed by atoms with Gasteiger partial charge in [-0.15, -0.1) is 0 Å². The Morgan fingerprint density at radius 2 is 0.806 bits per heavy atom. The first-order valence-corrected chi connectivity index (χ1v) is 34.3. The van der Waals surface area contributed by atoms with Gasteiger partial charge in [0.2, 0.25) is 82.7 Å². The van der Waals surface area contributed by atoms with Gasteiger partial charge in [0.25, 0.3) is 0 Å². The number of carboxylic acid groups (broad SMARTS) is 2. The van der Waals surface area contributed by atoms with Crippen LogP contribution in [-0.4, -0.2) is 241 Å². The smallest absolute Gasteiger partial charge is 0.328 e. The Hall–Kier alpha value is -9.37. The summed E-state index contributed by atoms with van der Waals surface area (Å²) >= 11 is 0. The highest BCUT2D eigenvalue weighted by Crippen LogP contribution is 2.22. The number of hydrogen-bond acceptors (Lipinski definition) is 21. The van der Waals surface area contributed by atoms with Crippen LogP contribution in [0.3, 0.4) is 0 Å². The summed E-state index contributed by atoms with van der Waals surface area (Å²) in [6, 6.07) is -20.6. The summed E-state index contributed by atoms with van der Waals surface area (Å²) in [5.74, 6) is -19.8. The Morgan fingerprint density at radius 3 is 1.22 bits per heavy atom. The highest BCUT2D eigenvalue weighted by atomic mass is 16.4. The zero-order chi connectivity index (χ0) is 79.0. The molecule has 0 radical (unpaired) electrons. The van der Waals surface area contributed by atoms with E-state index in [0.29, 0.717) is 0 Å². The van der Waals surface area contributed by atoms with Gasteiger partial charge < -0.3 is 118 Å². The van der Waals surface area contributed by atoms with Gasteiger partial charge in [-0.1, -0.05) is 69.2 Å². The number of carbonyl (C=O) groups excluding carboxylic acids is 14. The molecular weight excluding hydrogens is 1360 g/mol. The van der Waals surface area contributed by atoms with E-state index >= 15 is 0 Å². The third-order valence-corrected chi connectivity index (χ3v) is 16.0. The number of aliphatic carboxylic acids is 2. The molecule has 0 unspecified atom stereocenters. The Kier molecular flexibility index (Phi) is 39.9. The molecule has 0 spiro atoms. The molecule has 1 fully saturated rings. The quantitative estimate of drug-likeness (QED) is 0.0153. The summed E-state index contributed by atoms with van der Waals surface area (Å²) in [6.07, 6.45) is -6.92. The van der Waals surface area contributed by atoms with Crippen LogP contribution in [0, 0.1) is 29.6 Å². The van der Waals surface area contributed by atoms with Crippen LogP contribution >= 0.6 is 0 Å². The van der Waals surface area contributed by atoms with Crippen LogP contribution in [0.5, 0.6) is 0 Å². The van der Waals surface area contributed by atoms with Gasteiger partial charge in [-0.3, -0.25) is 76.9 Å². The predicted octanol–water partition coefficient (Wildman–Crippen LogP) is -7.01. The molecule has 14 amide bonds. The molecule has 584 valence electrons. The third kappa shape index (κ3) is 33.5. The standard InChI is InChI=1S/C64H112N18O21/c1-28(2)21-38(77-61(100)49(33(11)84)80-58(97)40(23-30(5)6)76-60(99)48(32(9)10)79-57(96)39(22-29(3)4)73-51(90)35(65)27-83)54(93)74-41(25-45(66)86)55(94)72-37(17-18-47(88)89)52(91)78-43(24-31(7)8)62(101)82-20-14-16-44(82)59(98)75-42(26-46(67)87)56(95)71-36(15-13-19-70-64(68)69)53(92)81-50(34(12)85)63(102)103/h28-44,48-50,83-85H,13-27,65H2,1-12H3,(H2,66,86)(H2,67,87)(H,71,95)(H,72,94)(H,73,90)(H,74,93)(H,75,98)(H,76,99)(H,77,100)(H,78,91)(H,79,96)(H,80,97)(H,81,92)(H,88,89)(H,102,103)(H4,68,69,70)/t33-,34-,35+,36+,37+,38+,39+,40+,41+,42+,43+,44+,48+,49+,50+/m1/s1. The van der Waals surface area contributed by atoms with Crippen molar-refractivity contribution in [3.05, 3.63) is 0 Å². The number of guanidine groups is 1. The number of nitrogens with one attached hydrogen (secondary N) is 11. The van der Waals surface area contributed by atoms with Gasteiger partial charge in [-0.05, 0) is 101 Å². The van der Waals surface area contributed by atoms with E-state index in [0.717, 1.165) is 18.7 Å². The van der Waals surface area contributed by atoms with Crippen molar-refractivity contribution >= 4 is 101 Å². The zero-order valence-corrected chi connectivity index (χ0v) is 60.7. The van der Waals surface area contributed by atoms with Crippen LogP contribution in [0.2, 0.25) is 0 Å². The van der Waals surface area contributed by atoms with E-state index in [1.165, 1.54) is 0 Å². The third-order valence-electron chi connectivity index (χ3n) is 16.0. The highest BCUT2D eigenvalue weighted by Gasteiger charge is 2.43. The number of aliphatic hydroxyl groups excluding tert-OH is 3. The number of nitrogens with zero attached hydrogens (tertiary/aromatic N) is 2. The van der Waals surface area contributed by atoms with Gasteiger partial charge >= 0.3 is 11.9 Å². The first kappa shape index (κ1) is 91.6. The molecule has 15 atom stereocenters. The monoisotopic (exact) mass is 1470 g/mol. The summed E-state index contributed by atoms with van der Waals surface area (Å²) in [5.41, 5.74) is 27.5. The fourth-order valence-electron chi connectivity index (χ4n) is 10.8. The Bertz CT molecular complexity index is 2980. The molecule has 0 aromatic rings. The molecule has 26 N–H and O–H groups in total. The molecule has 1 rings (SSSR count). The van der Waals surface area contributed by atoms with E-state index in [4.69, 9.17) is 28.7 Å². The molecule has 0 aromatic heterocycles. The maximum absolute atomic E-state index is 14.6. The fourth-order valence-corrected chi connectivity index (χ4v) is 10.8. The summed E-state index contributed by atoms with van der Waals surface area (Å²) in [7, 11) is 0. The van der Waals surface area contributed by atoms with E-state index in [1.54, 1.807) is 69.2 Å². The number of hydrogen-bond donors (Lipinski definition) is 21. The second-order valence-corrected chi connectivity index (χ2v) is 27.7. The van der Waals surface area contributed by atoms with E-state index in [1.807, 2.05) is 0 Å². The number of amides is 14. The predicted molar refractivity (Wildman–Crippen MR) is 369 cm³/mol. The van der Waals surface area contributed by atoms with Crippen LogP contribution in [-0.2, 0) is 76.7 Å². The van der Waals surface area contributed by atoms with Crippen LogP contribution in [0.1, 0.15) is 160 Å². The van der Waals surface area contributed by atoms with Gasteiger partial charge in [0.15, 0.2) is 12.0 Å². The number of aliphatic hydroxyl groups is 3. The molecule has 0 bridgehead atoms. The lowest BCUT2D eigenvalue weighted by Crippen LogP contribution is -2.62. The normalized spacial score (nSPS) is 16.9. The lowest BCUT2D eigenvalue weighted by atomic mass is 9.98. The van der Waals surface area contributed by atoms with E-state index in [-0.39, 0.29) is 82.3 Å². The molecule has 103 heavy (non-hydrogen) atoms. The number of aliphatic imine (C=N–C) groups is 1. The maximum atomic E-state index is 14.6. The minimum Gasteiger partial charge on any atom is -0.481 e. The molecule has 39 heteroatoms. The van der Waals surface area contributed by atoms with Gasteiger partial charge in [-0.2, -0.15) is 0 Å². The molecule has 1 aliphatic heterocycles. The second-order valence-electron chi connectivity index (χ2n) is 27.7. The van der Waals surface area contributed by atoms with Crippen molar-refractivity contribution in [3.8, 4) is 0 Å². The number of carboxylic acids is 2. The molecule has 0 aliphatic carbocycles. The highest BCUT2D eigenvalue weighted by molar-refractivity contribution is 6.01. The minimum atomic E-state index is -1.95. The summed E-state index contributed by atoms with van der Waals surface area (Å²) in [4.78, 5) is 221. The van der Waals surface area contributed by atoms with Crippen LogP contribution in [0.25, 0.3) is 0 Å². The van der Waals surface area contributed by atoms with Crippen molar-refractivity contribution in [1.29, 1.82) is 0 Å². The molecule has 1 aliphatic rings. The van der Waals surface area contributed by atoms with E-state index in [9.17, 15) is 102 Å². The fraction of sp³-hybridized carbons (Fsp3) is 0.734. The molecule has 39 nitrogen and oxygen atoms in total. The van der Waals surface area contributed by atoms with Gasteiger partial charge in [-0.25, -0.2) is 4.79 Å². The molecule has 1 heterocycles. The average molecular weight is 1470 g/mol. The van der Waals surface area contributed by atoms with Crippen molar-refractivity contribution in [2.45, 2.75) is 251 Å². The topological polar surface area (TPSA) is 652 Å². The van der Waals surface area contributed by atoms with E-state index in [2.05, 4.69) is 63.5 Å². The molecular formula is C64H112N18O21. The van der Waals surface area contributed by atoms with Crippen LogP contribution in [0.4, 0.5) is 0 Å². The van der Waals surface area contributed by atoms with Crippen LogP contribution in [0.15, 0.2) is 4.99 Å². The number of rotatable bonds is 47. The number of likely N-dealkylation sites (tertiary alicyclic amines) is 1. The minimum absolute atomic E-state index is 0.0180. The summed E-state index contributed by atoms with van der Waals surface area (Å²) in [5, 5.41) is 76.3. The lowest BCUT2D eigenvalue weighted by molar-refractivity contribution is -0.145. The van der Waals surface area contributed by atoms with E-state index < -0.39 is 235 Å². The molecule has 0 aromatic carbocycles. The largest absolute Gasteiger partial charge is 0.481 e. The lowest BCUT2D eigenvalue weighted by Gasteiger charge is -2.31. The maximum Gasteiger partial charge on any atom is 0.328 e. The first-order valence-electron chi connectivity index (χ1n) is 34.3. The molecule has 1 saturated heterocycles. The summed E-state index contributed by atoms with van der Waals surface area (Å²) < 4.78 is 0. The Morgan fingerprint density at radius 1 is 0.447 bits per heavy atom. The zero-order valence-electron chi connectivity index (χ0n) is 60.7. The van der Waals surface area contributed by atoms with Crippen molar-refractivity contribution in [1.82, 2.24) is 63.4 Å². The van der Waals surface area contributed by atoms with Crippen molar-refractivity contribution in [2.75, 3.05) is 19.7 Å². The van der Waals surface area contributed by atoms with Gasteiger partial charge in [0.1, 0.15) is 72.5 Å². The Labute approximate surface area is 598 Å². The number of primary amides is 2. The number of carbonyl (C=O) groups is 16. The first-order chi connectivity index (χ1) is 47.8. The van der Waals surface area contributed by atoms with Gasteiger partial charge in [0, 0.05) is 19.5 Å². The molecule has 0 saturated carbocycles. The van der Waals surface area contributed by atoms with Crippen molar-refractivity contribution in [3.63, 3.8) is 0 Å². The summed E-state index contributed by atoms with van der Waals surface area (Å²) in [6.45, 7) is 18.2. The van der Waals surface area contributed by atoms with Gasteiger partial charge in [0.05, 0.1) is 31.7 Å². The SMILES string of the molecule is CC(C)C[C@H](NC(=O)[C@@H](NC(=O)[C@H](CC(C)C)NC(=O)[C@@H](N)CO)C(C)C)C(=O)N[C@H](C(=O)N[C@@H](CC(C)C)C(=O)N[C@@H](CC(N)=O)C(=O)N[C@@H](CCC(=O)O)C(=O)N[C@@H](CC(C)C)C(=O)N1CCC[C@H]1C(=O)N[C@@H](CC(N)=O)C(=O)N[C@@H](CCCN=C(N)N)C(=O)N[C@H](C(=O)O)[C@@H](C)O)[C@@H](C)O. The Balaban J connectivity index is 3.61.